The van der Waals surface area contributed by atoms with E-state index in [-0.39, 0.29) is 0 Å². The Hall–Kier alpha value is 0.650. The number of hydrogen-bond donors (Lipinski definition) is 1. The molecule has 1 aliphatic rings. The third-order valence-corrected chi connectivity index (χ3v) is 2.09. The summed E-state index contributed by atoms with van der Waals surface area (Å²) >= 11 is 2.18. The lowest BCUT2D eigenvalue weighted by atomic mass is 10.1. The number of hydrogen-bond acceptors (Lipinski definition) is 2. The molecule has 2 atom stereocenters. The molecule has 2 unspecified atom stereocenters. The van der Waals surface area contributed by atoms with Crippen LogP contribution in [0.25, 0.3) is 0 Å². The number of nitrogens with one attached hydrogen (secondary N) is 1. The van der Waals surface area contributed by atoms with Crippen molar-refractivity contribution in [2.24, 2.45) is 5.92 Å². The predicted octanol–water partition coefficient (Wildman–Crippen LogP) is 1.35. The third kappa shape index (κ3) is 2.39. The largest absolute Gasteiger partial charge is 0.378 e. The second-order valence-electron chi connectivity index (χ2n) is 2.58. The molecule has 0 aromatic rings. The quantitative estimate of drug-likeness (QED) is 0.582. The van der Waals surface area contributed by atoms with Crippen LogP contribution in [0.15, 0.2) is 0 Å². The summed E-state index contributed by atoms with van der Waals surface area (Å²) in [7, 11) is 0. The van der Waals surface area contributed by atoms with Crippen LogP contribution in [0.1, 0.15) is 13.3 Å². The van der Waals surface area contributed by atoms with Crippen molar-refractivity contribution >= 4 is 22.9 Å². The van der Waals surface area contributed by atoms with Gasteiger partial charge in [-0.1, -0.05) is 0 Å². The van der Waals surface area contributed by atoms with Gasteiger partial charge in [0.1, 0.15) is 0 Å². The van der Waals surface area contributed by atoms with Gasteiger partial charge in [0.2, 0.25) is 0 Å². The fraction of sp³-hybridized carbons (Fsp3) is 1.00. The lowest BCUT2D eigenvalue weighted by Gasteiger charge is -2.02. The molecule has 1 saturated heterocycles. The van der Waals surface area contributed by atoms with E-state index in [1.165, 1.54) is 6.42 Å². The fourth-order valence-corrected chi connectivity index (χ4v) is 1.78. The maximum atomic E-state index is 5.37. The van der Waals surface area contributed by atoms with E-state index in [0.29, 0.717) is 6.10 Å². The Balaban J connectivity index is 2.14. The Labute approximate surface area is 69.8 Å². The van der Waals surface area contributed by atoms with Gasteiger partial charge >= 0.3 is 0 Å². The molecule has 0 saturated carbocycles. The lowest BCUT2D eigenvalue weighted by molar-refractivity contribution is 0.120. The smallest absolute Gasteiger partial charge is 0.0551 e. The molecular formula is C6H12INO. The molecule has 1 fully saturated rings. The molecule has 1 aliphatic heterocycles. The van der Waals surface area contributed by atoms with E-state index in [9.17, 15) is 0 Å². The first kappa shape index (κ1) is 7.75. The first-order valence-electron chi connectivity index (χ1n) is 3.28. The van der Waals surface area contributed by atoms with Gasteiger partial charge in [0, 0.05) is 29.4 Å². The second-order valence-corrected chi connectivity index (χ2v) is 3.35. The monoisotopic (exact) mass is 241 g/mol. The maximum absolute atomic E-state index is 5.37. The van der Waals surface area contributed by atoms with Crippen LogP contribution < -0.4 is 3.53 Å². The molecule has 0 spiro atoms. The topological polar surface area (TPSA) is 21.3 Å². The van der Waals surface area contributed by atoms with Crippen LogP contribution in [0.2, 0.25) is 0 Å². The zero-order valence-corrected chi connectivity index (χ0v) is 7.72. The van der Waals surface area contributed by atoms with Crippen molar-refractivity contribution in [2.75, 3.05) is 13.2 Å². The summed E-state index contributed by atoms with van der Waals surface area (Å²) < 4.78 is 8.49. The van der Waals surface area contributed by atoms with Crippen molar-refractivity contribution in [3.63, 3.8) is 0 Å². The highest BCUT2D eigenvalue weighted by atomic mass is 127. The summed E-state index contributed by atoms with van der Waals surface area (Å²) in [4.78, 5) is 0. The van der Waals surface area contributed by atoms with Gasteiger partial charge in [-0.25, -0.2) is 0 Å². The van der Waals surface area contributed by atoms with Crippen LogP contribution in [0.4, 0.5) is 0 Å². The molecular weight excluding hydrogens is 229 g/mol. The minimum atomic E-state index is 0.486. The molecule has 1 heterocycles. The summed E-state index contributed by atoms with van der Waals surface area (Å²) in [6.45, 7) is 4.16. The summed E-state index contributed by atoms with van der Waals surface area (Å²) in [5.41, 5.74) is 0. The van der Waals surface area contributed by atoms with Crippen molar-refractivity contribution < 1.29 is 4.74 Å². The first-order chi connectivity index (χ1) is 4.33. The van der Waals surface area contributed by atoms with Crippen LogP contribution >= 0.6 is 22.9 Å². The van der Waals surface area contributed by atoms with E-state index in [2.05, 4.69) is 33.3 Å². The molecule has 0 amide bonds. The van der Waals surface area contributed by atoms with Crippen LogP contribution in [-0.2, 0) is 4.74 Å². The molecule has 9 heavy (non-hydrogen) atoms. The van der Waals surface area contributed by atoms with Gasteiger partial charge in [-0.05, 0) is 19.3 Å². The van der Waals surface area contributed by atoms with Crippen molar-refractivity contribution in [1.29, 1.82) is 0 Å². The van der Waals surface area contributed by atoms with Gasteiger partial charge in [0.15, 0.2) is 0 Å². The minimum Gasteiger partial charge on any atom is -0.378 e. The van der Waals surface area contributed by atoms with E-state index < -0.39 is 0 Å². The molecule has 3 heteroatoms. The Morgan fingerprint density at radius 3 is 3.00 bits per heavy atom. The van der Waals surface area contributed by atoms with Gasteiger partial charge in [-0.2, -0.15) is 0 Å². The molecule has 1 N–H and O–H groups in total. The summed E-state index contributed by atoms with van der Waals surface area (Å²) in [6.07, 6.45) is 1.70. The summed E-state index contributed by atoms with van der Waals surface area (Å²) in [6, 6.07) is 0. The van der Waals surface area contributed by atoms with Gasteiger partial charge in [0.25, 0.3) is 0 Å². The van der Waals surface area contributed by atoms with Crippen LogP contribution in [0, 0.1) is 5.92 Å². The molecule has 0 radical (unpaired) electrons. The maximum Gasteiger partial charge on any atom is 0.0551 e. The van der Waals surface area contributed by atoms with Crippen LogP contribution in [0.3, 0.4) is 0 Å². The van der Waals surface area contributed by atoms with Gasteiger partial charge < -0.3 is 4.74 Å². The first-order valence-corrected chi connectivity index (χ1v) is 4.36. The van der Waals surface area contributed by atoms with Crippen molar-refractivity contribution in [2.45, 2.75) is 19.4 Å². The van der Waals surface area contributed by atoms with Crippen molar-refractivity contribution in [1.82, 2.24) is 3.53 Å². The van der Waals surface area contributed by atoms with Gasteiger partial charge in [-0.15, -0.1) is 0 Å². The highest BCUT2D eigenvalue weighted by Crippen LogP contribution is 2.17. The number of ether oxygens (including phenoxy) is 1. The van der Waals surface area contributed by atoms with Crippen LogP contribution in [-0.4, -0.2) is 19.3 Å². The van der Waals surface area contributed by atoms with E-state index in [1.807, 2.05) is 0 Å². The Bertz CT molecular complexity index is 87.1. The molecule has 0 aromatic heterocycles. The average Bonchev–Trinajstić information content (AvgIpc) is 2.17. The summed E-state index contributed by atoms with van der Waals surface area (Å²) in [5.74, 6) is 0.747. The van der Waals surface area contributed by atoms with Crippen molar-refractivity contribution in [3.05, 3.63) is 0 Å². The van der Waals surface area contributed by atoms with E-state index in [4.69, 9.17) is 4.74 Å². The van der Waals surface area contributed by atoms with E-state index in [1.54, 1.807) is 0 Å². The zero-order chi connectivity index (χ0) is 6.69. The van der Waals surface area contributed by atoms with E-state index in [0.717, 1.165) is 19.1 Å². The Kier molecular flexibility index (Phi) is 3.21. The average molecular weight is 241 g/mol. The zero-order valence-electron chi connectivity index (χ0n) is 5.56. The molecule has 0 aromatic carbocycles. The standard InChI is InChI=1S/C6H12INO/c1-5-2-6(3-8-7)4-9-5/h5-6,8H,2-4H2,1H3. The van der Waals surface area contributed by atoms with E-state index >= 15 is 0 Å². The molecule has 54 valence electrons. The van der Waals surface area contributed by atoms with Crippen molar-refractivity contribution in [3.8, 4) is 0 Å². The normalized spacial score (nSPS) is 35.3. The Morgan fingerprint density at radius 2 is 2.56 bits per heavy atom. The summed E-state index contributed by atoms with van der Waals surface area (Å²) in [5, 5.41) is 0. The van der Waals surface area contributed by atoms with Gasteiger partial charge in [0.05, 0.1) is 12.7 Å². The highest BCUT2D eigenvalue weighted by Gasteiger charge is 2.20. The lowest BCUT2D eigenvalue weighted by Crippen LogP contribution is -2.14. The van der Waals surface area contributed by atoms with Crippen LogP contribution in [0.5, 0.6) is 0 Å². The molecule has 0 bridgehead atoms. The number of halogens is 1. The highest BCUT2D eigenvalue weighted by molar-refractivity contribution is 14.1. The Morgan fingerprint density at radius 1 is 1.78 bits per heavy atom. The third-order valence-electron chi connectivity index (χ3n) is 1.65. The fourth-order valence-electron chi connectivity index (χ4n) is 1.16. The molecule has 1 rings (SSSR count). The SMILES string of the molecule is CC1CC(CNI)CO1. The molecule has 2 nitrogen and oxygen atoms in total. The van der Waals surface area contributed by atoms with Gasteiger partial charge in [-0.3, -0.25) is 3.53 Å². The molecule has 0 aliphatic carbocycles. The minimum absolute atomic E-state index is 0.486. The number of rotatable bonds is 2. The second kappa shape index (κ2) is 3.73. The predicted molar refractivity (Wildman–Crippen MR) is 45.5 cm³/mol.